The van der Waals surface area contributed by atoms with Crippen LogP contribution in [-0.4, -0.2) is 41.8 Å². The van der Waals surface area contributed by atoms with Crippen molar-refractivity contribution < 1.29 is 24.2 Å². The Morgan fingerprint density at radius 2 is 1.63 bits per heavy atom. The summed E-state index contributed by atoms with van der Waals surface area (Å²) in [5.74, 6) is -1.39. The van der Waals surface area contributed by atoms with E-state index >= 15 is 0 Å². The molecule has 3 atom stereocenters. The van der Waals surface area contributed by atoms with Gasteiger partial charge in [0, 0.05) is 24.4 Å². The SMILES string of the molecule is CC(C)[C@H](CC(=O)N[C@H]1CCC[C@@H](C(=O)O)C1)NC(=O)OCC1c2ccccc2-c2ccccc21. The minimum Gasteiger partial charge on any atom is -0.481 e. The van der Waals surface area contributed by atoms with Crippen molar-refractivity contribution in [3.8, 4) is 11.1 Å². The lowest BCUT2D eigenvalue weighted by Crippen LogP contribution is -2.45. The monoisotopic (exact) mass is 478 g/mol. The molecule has 0 bridgehead atoms. The van der Waals surface area contributed by atoms with Crippen LogP contribution in [0.5, 0.6) is 0 Å². The molecule has 2 amide bonds. The third kappa shape index (κ3) is 5.84. The molecule has 186 valence electrons. The fourth-order valence-electron chi connectivity index (χ4n) is 5.28. The number of ether oxygens (including phenoxy) is 1. The smallest absolute Gasteiger partial charge is 0.407 e. The Labute approximate surface area is 206 Å². The number of hydrogen-bond acceptors (Lipinski definition) is 4. The van der Waals surface area contributed by atoms with E-state index in [-0.39, 0.29) is 42.9 Å². The molecule has 0 aliphatic heterocycles. The van der Waals surface area contributed by atoms with Crippen LogP contribution in [0.3, 0.4) is 0 Å². The van der Waals surface area contributed by atoms with Gasteiger partial charge in [-0.3, -0.25) is 9.59 Å². The van der Waals surface area contributed by atoms with Crippen LogP contribution in [0, 0.1) is 11.8 Å². The van der Waals surface area contributed by atoms with E-state index in [0.717, 1.165) is 24.0 Å². The zero-order valence-electron chi connectivity index (χ0n) is 20.3. The second-order valence-corrected chi connectivity index (χ2v) is 9.99. The Hall–Kier alpha value is -3.35. The summed E-state index contributed by atoms with van der Waals surface area (Å²) >= 11 is 0. The molecular weight excluding hydrogens is 444 g/mol. The minimum absolute atomic E-state index is 0.0255. The fourth-order valence-corrected chi connectivity index (χ4v) is 5.28. The summed E-state index contributed by atoms with van der Waals surface area (Å²) in [4.78, 5) is 36.7. The van der Waals surface area contributed by atoms with Crippen molar-refractivity contribution in [1.29, 1.82) is 0 Å². The lowest BCUT2D eigenvalue weighted by molar-refractivity contribution is -0.143. The topological polar surface area (TPSA) is 105 Å². The van der Waals surface area contributed by atoms with E-state index < -0.39 is 18.0 Å². The van der Waals surface area contributed by atoms with Gasteiger partial charge in [-0.05, 0) is 47.4 Å². The largest absolute Gasteiger partial charge is 0.481 e. The summed E-state index contributed by atoms with van der Waals surface area (Å²) < 4.78 is 5.65. The number of fused-ring (bicyclic) bond motifs is 3. The highest BCUT2D eigenvalue weighted by Gasteiger charge is 2.31. The van der Waals surface area contributed by atoms with Crippen molar-refractivity contribution in [1.82, 2.24) is 10.6 Å². The van der Waals surface area contributed by atoms with E-state index in [0.29, 0.717) is 12.8 Å². The molecule has 0 saturated heterocycles. The maximum atomic E-state index is 12.7. The third-order valence-electron chi connectivity index (χ3n) is 7.25. The fraction of sp³-hybridized carbons (Fsp3) is 0.464. The number of carbonyl (C=O) groups is 3. The quantitative estimate of drug-likeness (QED) is 0.510. The number of hydrogen-bond donors (Lipinski definition) is 3. The van der Waals surface area contributed by atoms with Gasteiger partial charge in [0.05, 0.1) is 5.92 Å². The summed E-state index contributed by atoms with van der Waals surface area (Å²) in [5, 5.41) is 15.1. The maximum Gasteiger partial charge on any atom is 0.407 e. The van der Waals surface area contributed by atoms with Gasteiger partial charge in [-0.2, -0.15) is 0 Å². The van der Waals surface area contributed by atoms with Crippen LogP contribution in [0.15, 0.2) is 48.5 Å². The van der Waals surface area contributed by atoms with Crippen LogP contribution in [0.2, 0.25) is 0 Å². The van der Waals surface area contributed by atoms with E-state index in [1.54, 1.807) is 0 Å². The van der Waals surface area contributed by atoms with Crippen molar-refractivity contribution in [2.45, 2.75) is 64.0 Å². The van der Waals surface area contributed by atoms with E-state index in [2.05, 4.69) is 34.9 Å². The van der Waals surface area contributed by atoms with Gasteiger partial charge in [-0.25, -0.2) is 4.79 Å². The molecule has 0 radical (unpaired) electrons. The second kappa shape index (κ2) is 10.9. The van der Waals surface area contributed by atoms with Crippen LogP contribution in [0.4, 0.5) is 4.79 Å². The number of rotatable bonds is 8. The minimum atomic E-state index is -0.805. The molecule has 4 rings (SSSR count). The molecule has 1 fully saturated rings. The molecule has 2 aromatic rings. The summed E-state index contributed by atoms with van der Waals surface area (Å²) in [6, 6.07) is 15.8. The van der Waals surface area contributed by atoms with Crippen molar-refractivity contribution in [2.75, 3.05) is 6.61 Å². The normalized spacial score (nSPS) is 20.0. The molecule has 2 aromatic carbocycles. The Morgan fingerprint density at radius 1 is 1.00 bits per heavy atom. The van der Waals surface area contributed by atoms with Crippen molar-refractivity contribution in [2.24, 2.45) is 11.8 Å². The van der Waals surface area contributed by atoms with E-state index in [4.69, 9.17) is 4.74 Å². The number of carboxylic acids is 1. The summed E-state index contributed by atoms with van der Waals surface area (Å²) in [5.41, 5.74) is 4.63. The zero-order chi connectivity index (χ0) is 24.9. The van der Waals surface area contributed by atoms with E-state index in [1.807, 2.05) is 38.1 Å². The lowest BCUT2D eigenvalue weighted by Gasteiger charge is -2.28. The summed E-state index contributed by atoms with van der Waals surface area (Å²) in [6.45, 7) is 4.11. The van der Waals surface area contributed by atoms with Gasteiger partial charge < -0.3 is 20.5 Å². The Morgan fingerprint density at radius 3 is 2.23 bits per heavy atom. The summed E-state index contributed by atoms with van der Waals surface area (Å²) in [6.07, 6.45) is 2.25. The molecular formula is C28H34N2O5. The van der Waals surface area contributed by atoms with Gasteiger partial charge in [-0.15, -0.1) is 0 Å². The van der Waals surface area contributed by atoms with E-state index in [1.165, 1.54) is 11.1 Å². The van der Waals surface area contributed by atoms with Gasteiger partial charge in [0.1, 0.15) is 6.61 Å². The number of carbonyl (C=O) groups excluding carboxylic acids is 2. The maximum absolute atomic E-state index is 12.7. The first-order valence-corrected chi connectivity index (χ1v) is 12.5. The van der Waals surface area contributed by atoms with Crippen molar-refractivity contribution in [3.05, 3.63) is 59.7 Å². The first-order valence-electron chi connectivity index (χ1n) is 12.5. The van der Waals surface area contributed by atoms with Crippen LogP contribution in [-0.2, 0) is 14.3 Å². The van der Waals surface area contributed by atoms with Gasteiger partial charge in [-0.1, -0.05) is 68.8 Å². The predicted molar refractivity (Wildman–Crippen MR) is 133 cm³/mol. The molecule has 7 nitrogen and oxygen atoms in total. The number of benzene rings is 2. The molecule has 1 saturated carbocycles. The number of carboxylic acid groups (broad SMARTS) is 1. The number of aliphatic carboxylic acids is 1. The van der Waals surface area contributed by atoms with Crippen LogP contribution >= 0.6 is 0 Å². The molecule has 35 heavy (non-hydrogen) atoms. The second-order valence-electron chi connectivity index (χ2n) is 9.99. The molecule has 2 aliphatic rings. The number of alkyl carbamates (subject to hydrolysis) is 1. The van der Waals surface area contributed by atoms with Crippen LogP contribution < -0.4 is 10.6 Å². The van der Waals surface area contributed by atoms with E-state index in [9.17, 15) is 19.5 Å². The standard InChI is InChI=1S/C28H34N2O5/c1-17(2)25(15-26(31)29-19-9-7-8-18(14-19)27(32)33)30-28(34)35-16-24-22-12-5-3-10-20(22)21-11-4-6-13-23(21)24/h3-6,10-13,17-19,24-25H,7-9,14-16H2,1-2H3,(H,29,31)(H,30,34)(H,32,33)/t18-,19+,25+/m1/s1. The molecule has 0 aromatic heterocycles. The van der Waals surface area contributed by atoms with Crippen LogP contribution in [0.1, 0.15) is 63.0 Å². The molecule has 2 aliphatic carbocycles. The molecule has 0 unspecified atom stereocenters. The number of nitrogens with one attached hydrogen (secondary N) is 2. The predicted octanol–water partition coefficient (Wildman–Crippen LogP) is 4.70. The Bertz CT molecular complexity index is 1040. The molecule has 0 heterocycles. The molecule has 3 N–H and O–H groups in total. The van der Waals surface area contributed by atoms with Gasteiger partial charge in [0.15, 0.2) is 0 Å². The Kier molecular flexibility index (Phi) is 7.73. The van der Waals surface area contributed by atoms with Crippen LogP contribution in [0.25, 0.3) is 11.1 Å². The van der Waals surface area contributed by atoms with Gasteiger partial charge >= 0.3 is 12.1 Å². The number of amides is 2. The average Bonchev–Trinajstić information content (AvgIpc) is 3.16. The van der Waals surface area contributed by atoms with Crippen molar-refractivity contribution >= 4 is 18.0 Å². The Balaban J connectivity index is 1.32. The first kappa shape index (κ1) is 24.8. The highest BCUT2D eigenvalue weighted by atomic mass is 16.5. The lowest BCUT2D eigenvalue weighted by atomic mass is 9.85. The molecule has 0 spiro atoms. The van der Waals surface area contributed by atoms with Crippen molar-refractivity contribution in [3.63, 3.8) is 0 Å². The first-order chi connectivity index (χ1) is 16.8. The van der Waals surface area contributed by atoms with Gasteiger partial charge in [0.2, 0.25) is 5.91 Å². The highest BCUT2D eigenvalue weighted by molar-refractivity contribution is 5.80. The molecule has 7 heteroatoms. The highest BCUT2D eigenvalue weighted by Crippen LogP contribution is 2.44. The third-order valence-corrected chi connectivity index (χ3v) is 7.25. The summed E-state index contributed by atoms with van der Waals surface area (Å²) in [7, 11) is 0. The van der Waals surface area contributed by atoms with Gasteiger partial charge in [0.25, 0.3) is 0 Å². The zero-order valence-corrected chi connectivity index (χ0v) is 20.3. The average molecular weight is 479 g/mol.